The molecule has 21 heavy (non-hydrogen) atoms. The fraction of sp³-hybridized carbons (Fsp3) is 0.0833. The Hall–Kier alpha value is -3.23. The van der Waals surface area contributed by atoms with Crippen LogP contribution in [0.4, 0.5) is 0 Å². The number of nitrogens with one attached hydrogen (secondary N) is 2. The first-order valence-electron chi connectivity index (χ1n) is 5.94. The number of aliphatic carboxylic acids is 1. The van der Waals surface area contributed by atoms with E-state index in [2.05, 4.69) is 20.5 Å². The van der Waals surface area contributed by atoms with Crippen molar-refractivity contribution in [3.63, 3.8) is 0 Å². The second kappa shape index (κ2) is 4.71. The van der Waals surface area contributed by atoms with Crippen LogP contribution in [0.25, 0.3) is 16.7 Å². The lowest BCUT2D eigenvalue weighted by Crippen LogP contribution is -2.20. The standard InChI is InChI=1S/C12H9N5O4/c18-8(19)5-6-1-3-7(4-2-6)17-10-9(13-16-17)11(20)14-15-12(10)21/h1-4H,5H2,(H,14,20)(H,15,21)(H,18,19). The number of hydrogen-bond acceptors (Lipinski definition) is 5. The molecule has 0 bridgehead atoms. The van der Waals surface area contributed by atoms with Crippen molar-refractivity contribution in [1.82, 2.24) is 25.2 Å². The third kappa shape index (κ3) is 2.20. The molecule has 0 aliphatic carbocycles. The van der Waals surface area contributed by atoms with Gasteiger partial charge in [0.25, 0.3) is 11.1 Å². The van der Waals surface area contributed by atoms with Gasteiger partial charge < -0.3 is 5.11 Å². The van der Waals surface area contributed by atoms with E-state index in [0.29, 0.717) is 11.3 Å². The molecule has 0 atom stereocenters. The second-order valence-corrected chi connectivity index (χ2v) is 4.34. The highest BCUT2D eigenvalue weighted by Gasteiger charge is 2.13. The van der Waals surface area contributed by atoms with E-state index in [0.717, 1.165) is 0 Å². The van der Waals surface area contributed by atoms with E-state index in [1.807, 2.05) is 0 Å². The van der Waals surface area contributed by atoms with Gasteiger partial charge in [-0.25, -0.2) is 4.68 Å². The Morgan fingerprint density at radius 2 is 1.81 bits per heavy atom. The molecule has 9 heteroatoms. The van der Waals surface area contributed by atoms with Crippen molar-refractivity contribution >= 4 is 17.0 Å². The summed E-state index contributed by atoms with van der Waals surface area (Å²) in [5.74, 6) is -0.933. The van der Waals surface area contributed by atoms with Crippen molar-refractivity contribution in [2.45, 2.75) is 6.42 Å². The van der Waals surface area contributed by atoms with Crippen LogP contribution in [0.1, 0.15) is 5.56 Å². The van der Waals surface area contributed by atoms with Crippen molar-refractivity contribution in [3.8, 4) is 5.69 Å². The lowest BCUT2D eigenvalue weighted by molar-refractivity contribution is -0.136. The number of aromatic nitrogens is 5. The monoisotopic (exact) mass is 287 g/mol. The SMILES string of the molecule is O=C(O)Cc1ccc(-n2nnc3c(=O)[nH][nH]c(=O)c32)cc1. The number of aromatic amines is 2. The molecule has 0 unspecified atom stereocenters. The Morgan fingerprint density at radius 3 is 2.48 bits per heavy atom. The Morgan fingerprint density at radius 1 is 1.14 bits per heavy atom. The van der Waals surface area contributed by atoms with E-state index in [9.17, 15) is 14.4 Å². The van der Waals surface area contributed by atoms with Crippen LogP contribution in [-0.4, -0.2) is 36.3 Å². The molecule has 0 radical (unpaired) electrons. The van der Waals surface area contributed by atoms with E-state index in [-0.39, 0.29) is 17.5 Å². The molecule has 0 aliphatic rings. The first-order chi connectivity index (χ1) is 10.1. The largest absolute Gasteiger partial charge is 0.481 e. The summed E-state index contributed by atoms with van der Waals surface area (Å²) in [7, 11) is 0. The molecule has 9 nitrogen and oxygen atoms in total. The summed E-state index contributed by atoms with van der Waals surface area (Å²) in [5.41, 5.74) is 0.0193. The van der Waals surface area contributed by atoms with Crippen molar-refractivity contribution in [2.75, 3.05) is 0 Å². The van der Waals surface area contributed by atoms with Crippen molar-refractivity contribution in [3.05, 3.63) is 50.5 Å². The number of H-pyrrole nitrogens is 2. The average Bonchev–Trinajstić information content (AvgIpc) is 2.89. The van der Waals surface area contributed by atoms with Crippen molar-refractivity contribution < 1.29 is 9.90 Å². The fourth-order valence-electron chi connectivity index (χ4n) is 1.98. The number of benzene rings is 1. The highest BCUT2D eigenvalue weighted by molar-refractivity contribution is 5.74. The van der Waals surface area contributed by atoms with E-state index in [1.165, 1.54) is 4.68 Å². The van der Waals surface area contributed by atoms with Gasteiger partial charge in [0, 0.05) is 0 Å². The van der Waals surface area contributed by atoms with Crippen molar-refractivity contribution in [1.29, 1.82) is 0 Å². The zero-order valence-electron chi connectivity index (χ0n) is 10.5. The Labute approximate surface area is 115 Å². The minimum absolute atomic E-state index is 0.0322. The fourth-order valence-corrected chi connectivity index (χ4v) is 1.98. The molecule has 0 saturated heterocycles. The van der Waals surface area contributed by atoms with Crippen LogP contribution in [0.5, 0.6) is 0 Å². The maximum Gasteiger partial charge on any atom is 0.307 e. The van der Waals surface area contributed by atoms with Gasteiger partial charge in [0.15, 0.2) is 11.0 Å². The smallest absolute Gasteiger partial charge is 0.307 e. The topological polar surface area (TPSA) is 134 Å². The van der Waals surface area contributed by atoms with Crippen LogP contribution >= 0.6 is 0 Å². The average molecular weight is 287 g/mol. The van der Waals surface area contributed by atoms with Gasteiger partial charge >= 0.3 is 5.97 Å². The molecule has 1 aromatic carbocycles. The maximum atomic E-state index is 11.8. The van der Waals surface area contributed by atoms with Gasteiger partial charge in [0.2, 0.25) is 0 Å². The summed E-state index contributed by atoms with van der Waals surface area (Å²) in [6.07, 6.45) is -0.0986. The molecule has 0 fully saturated rings. The predicted octanol–water partition coefficient (Wildman–Crippen LogP) is -0.576. The second-order valence-electron chi connectivity index (χ2n) is 4.34. The summed E-state index contributed by atoms with van der Waals surface area (Å²) in [4.78, 5) is 34.0. The van der Waals surface area contributed by atoms with Crippen LogP contribution in [0, 0.1) is 0 Å². The van der Waals surface area contributed by atoms with E-state index >= 15 is 0 Å². The number of nitrogens with zero attached hydrogens (tertiary/aromatic N) is 3. The molecule has 3 N–H and O–H groups in total. The number of carbonyl (C=O) groups is 1. The zero-order chi connectivity index (χ0) is 15.0. The molecule has 2 aromatic heterocycles. The molecule has 2 heterocycles. The first kappa shape index (κ1) is 12.8. The molecule has 0 aliphatic heterocycles. The summed E-state index contributed by atoms with van der Waals surface area (Å²) in [6, 6.07) is 6.43. The van der Waals surface area contributed by atoms with Crippen LogP contribution in [-0.2, 0) is 11.2 Å². The van der Waals surface area contributed by atoms with Gasteiger partial charge in [0.05, 0.1) is 12.1 Å². The highest BCUT2D eigenvalue weighted by Crippen LogP contribution is 2.12. The van der Waals surface area contributed by atoms with E-state index < -0.39 is 17.1 Å². The van der Waals surface area contributed by atoms with Crippen LogP contribution < -0.4 is 11.1 Å². The lowest BCUT2D eigenvalue weighted by atomic mass is 10.1. The molecule has 3 aromatic rings. The number of hydrogen-bond donors (Lipinski definition) is 3. The Kier molecular flexibility index (Phi) is 2.87. The third-order valence-electron chi connectivity index (χ3n) is 2.93. The van der Waals surface area contributed by atoms with Gasteiger partial charge in [-0.15, -0.1) is 5.10 Å². The van der Waals surface area contributed by atoms with Crippen LogP contribution in [0.2, 0.25) is 0 Å². The molecule has 106 valence electrons. The first-order valence-corrected chi connectivity index (χ1v) is 5.94. The molecule has 0 spiro atoms. The number of carboxylic acid groups (broad SMARTS) is 1. The third-order valence-corrected chi connectivity index (χ3v) is 2.93. The normalized spacial score (nSPS) is 10.9. The van der Waals surface area contributed by atoms with Gasteiger partial charge in [-0.3, -0.25) is 24.6 Å². The van der Waals surface area contributed by atoms with Gasteiger partial charge in [0.1, 0.15) is 0 Å². The van der Waals surface area contributed by atoms with Gasteiger partial charge in [-0.1, -0.05) is 17.3 Å². The van der Waals surface area contributed by atoms with Gasteiger partial charge in [-0.2, -0.15) is 0 Å². The summed E-state index contributed by atoms with van der Waals surface area (Å²) in [6.45, 7) is 0. The Balaban J connectivity index is 2.13. The summed E-state index contributed by atoms with van der Waals surface area (Å²) >= 11 is 0. The summed E-state index contributed by atoms with van der Waals surface area (Å²) < 4.78 is 1.23. The number of fused-ring (bicyclic) bond motifs is 1. The molecular weight excluding hydrogens is 278 g/mol. The van der Waals surface area contributed by atoms with Crippen molar-refractivity contribution in [2.24, 2.45) is 0 Å². The van der Waals surface area contributed by atoms with E-state index in [1.54, 1.807) is 24.3 Å². The maximum absolute atomic E-state index is 11.8. The van der Waals surface area contributed by atoms with Crippen LogP contribution in [0.15, 0.2) is 33.9 Å². The molecule has 3 rings (SSSR count). The minimum Gasteiger partial charge on any atom is -0.481 e. The van der Waals surface area contributed by atoms with Crippen LogP contribution in [0.3, 0.4) is 0 Å². The number of carboxylic acids is 1. The number of rotatable bonds is 3. The zero-order valence-corrected chi connectivity index (χ0v) is 10.5. The highest BCUT2D eigenvalue weighted by atomic mass is 16.4. The van der Waals surface area contributed by atoms with Gasteiger partial charge in [-0.05, 0) is 17.7 Å². The lowest BCUT2D eigenvalue weighted by Gasteiger charge is -2.02. The quantitative estimate of drug-likeness (QED) is 0.590. The predicted molar refractivity (Wildman–Crippen MR) is 71.4 cm³/mol. The summed E-state index contributed by atoms with van der Waals surface area (Å²) in [5, 5.41) is 20.6. The molecule has 0 saturated carbocycles. The Bertz CT molecular complexity index is 935. The van der Waals surface area contributed by atoms with E-state index in [4.69, 9.17) is 5.11 Å². The minimum atomic E-state index is -0.933. The molecular formula is C12H9N5O4. The molecule has 0 amide bonds.